The molecule has 3 aromatic rings. The summed E-state index contributed by atoms with van der Waals surface area (Å²) in [4.78, 5) is 19.3. The molecule has 1 atom stereocenters. The van der Waals surface area contributed by atoms with Crippen LogP contribution in [0.15, 0.2) is 40.9 Å². The van der Waals surface area contributed by atoms with Gasteiger partial charge in [0.15, 0.2) is 0 Å². The lowest BCUT2D eigenvalue weighted by Crippen LogP contribution is -2.40. The second-order valence-corrected chi connectivity index (χ2v) is 7.65. The van der Waals surface area contributed by atoms with Crippen molar-refractivity contribution in [1.29, 1.82) is 0 Å². The van der Waals surface area contributed by atoms with Crippen molar-refractivity contribution in [3.05, 3.63) is 70.9 Å². The van der Waals surface area contributed by atoms with Gasteiger partial charge in [0.2, 0.25) is 11.8 Å². The third-order valence-corrected chi connectivity index (χ3v) is 5.34. The Bertz CT molecular complexity index is 1010. The van der Waals surface area contributed by atoms with E-state index in [4.69, 9.17) is 4.42 Å². The summed E-state index contributed by atoms with van der Waals surface area (Å²) in [6, 6.07) is 8.25. The fourth-order valence-corrected chi connectivity index (χ4v) is 3.95. The largest absolute Gasteiger partial charge is 0.443 e. The number of aryl methyl sites for hydroxylation is 2. The average Bonchev–Trinajstić information content (AvgIpc) is 3.27. The molecule has 0 aliphatic carbocycles. The summed E-state index contributed by atoms with van der Waals surface area (Å²) in [5.41, 5.74) is 2.70. The molecule has 6 nitrogen and oxygen atoms in total. The summed E-state index contributed by atoms with van der Waals surface area (Å²) in [5.74, 6) is 0.973. The van der Waals surface area contributed by atoms with Gasteiger partial charge in [-0.2, -0.15) is 5.10 Å². The van der Waals surface area contributed by atoms with Gasteiger partial charge in [-0.15, -0.1) is 0 Å². The Labute approximate surface area is 169 Å². The maximum atomic E-state index is 13.4. The van der Waals surface area contributed by atoms with Crippen LogP contribution in [0.3, 0.4) is 0 Å². The van der Waals surface area contributed by atoms with E-state index in [-0.39, 0.29) is 24.3 Å². The van der Waals surface area contributed by atoms with Crippen molar-refractivity contribution in [1.82, 2.24) is 19.7 Å². The molecule has 0 spiro atoms. The van der Waals surface area contributed by atoms with Crippen molar-refractivity contribution in [2.75, 3.05) is 6.54 Å². The number of likely N-dealkylation sites (tertiary alicyclic amines) is 1. The first-order valence-electron chi connectivity index (χ1n) is 9.99. The lowest BCUT2D eigenvalue weighted by Gasteiger charge is -2.33. The fourth-order valence-electron chi connectivity index (χ4n) is 3.95. The molecule has 1 saturated heterocycles. The van der Waals surface area contributed by atoms with Gasteiger partial charge in [-0.1, -0.05) is 12.1 Å². The summed E-state index contributed by atoms with van der Waals surface area (Å²) in [6.07, 6.45) is 4.96. The Morgan fingerprint density at radius 3 is 2.90 bits per heavy atom. The van der Waals surface area contributed by atoms with Gasteiger partial charge in [0.05, 0.1) is 11.9 Å². The van der Waals surface area contributed by atoms with Crippen LogP contribution in [0.4, 0.5) is 4.39 Å². The number of oxazole rings is 1. The minimum atomic E-state index is -0.268. The second-order valence-electron chi connectivity index (χ2n) is 7.65. The Balaban J connectivity index is 1.49. The van der Waals surface area contributed by atoms with Crippen molar-refractivity contribution in [3.8, 4) is 0 Å². The van der Waals surface area contributed by atoms with Crippen molar-refractivity contribution in [3.63, 3.8) is 0 Å². The number of hydrogen-bond acceptors (Lipinski definition) is 4. The van der Waals surface area contributed by atoms with Crippen molar-refractivity contribution < 1.29 is 13.6 Å². The summed E-state index contributed by atoms with van der Waals surface area (Å²) in [5, 5.41) is 4.40. The van der Waals surface area contributed by atoms with E-state index in [0.717, 1.165) is 36.2 Å². The summed E-state index contributed by atoms with van der Waals surface area (Å²) < 4.78 is 21.1. The molecule has 29 heavy (non-hydrogen) atoms. The molecule has 1 aliphatic heterocycles. The zero-order valence-corrected chi connectivity index (χ0v) is 16.8. The molecule has 2 aromatic heterocycles. The smallest absolute Gasteiger partial charge is 0.244 e. The number of hydrogen-bond donors (Lipinski definition) is 0. The van der Waals surface area contributed by atoms with Crippen LogP contribution in [0.2, 0.25) is 0 Å². The lowest BCUT2D eigenvalue weighted by molar-refractivity contribution is -0.136. The van der Waals surface area contributed by atoms with Crippen LogP contribution in [0, 0.1) is 19.7 Å². The Hall–Kier alpha value is -2.96. The van der Waals surface area contributed by atoms with Crippen LogP contribution in [0.1, 0.15) is 53.9 Å². The molecule has 1 unspecified atom stereocenters. The number of carbonyl (C=O) groups is 1. The number of piperidine rings is 1. The first-order chi connectivity index (χ1) is 14.0. The van der Waals surface area contributed by atoms with E-state index < -0.39 is 0 Å². The Morgan fingerprint density at radius 2 is 2.14 bits per heavy atom. The normalized spacial score (nSPS) is 16.9. The molecule has 1 amide bonds. The van der Waals surface area contributed by atoms with Gasteiger partial charge in [0, 0.05) is 18.7 Å². The fraction of sp³-hybridized carbons (Fsp3) is 0.409. The van der Waals surface area contributed by atoms with Crippen molar-refractivity contribution in [2.45, 2.75) is 52.1 Å². The van der Waals surface area contributed by atoms with Crippen LogP contribution in [-0.4, -0.2) is 32.1 Å². The SMILES string of the molecule is Cc1cc(C)n(CC(=O)N2CCCCC2c2ncc(Cc3cccc(F)c3)o2)n1. The highest BCUT2D eigenvalue weighted by Gasteiger charge is 2.31. The van der Waals surface area contributed by atoms with E-state index in [1.54, 1.807) is 16.9 Å². The lowest BCUT2D eigenvalue weighted by atomic mass is 10.0. The second kappa shape index (κ2) is 8.19. The molecule has 152 valence electrons. The molecule has 3 heterocycles. The zero-order chi connectivity index (χ0) is 20.4. The van der Waals surface area contributed by atoms with Crippen LogP contribution < -0.4 is 0 Å². The highest BCUT2D eigenvalue weighted by atomic mass is 19.1. The molecule has 1 aliphatic rings. The molecule has 4 rings (SSSR count). The number of rotatable bonds is 5. The molecule has 7 heteroatoms. The first kappa shape index (κ1) is 19.4. The molecule has 0 N–H and O–H groups in total. The maximum absolute atomic E-state index is 13.4. The van der Waals surface area contributed by atoms with E-state index in [1.165, 1.54) is 12.1 Å². The van der Waals surface area contributed by atoms with E-state index in [2.05, 4.69) is 10.1 Å². The van der Waals surface area contributed by atoms with E-state index in [0.29, 0.717) is 24.6 Å². The standard InChI is InChI=1S/C22H25FN4O2/c1-15-10-16(2)27(25-15)14-21(28)26-9-4-3-8-20(26)22-24-13-19(29-22)12-17-6-5-7-18(23)11-17/h5-7,10-11,13,20H,3-4,8-9,12,14H2,1-2H3. The molecule has 0 saturated carbocycles. The van der Waals surface area contributed by atoms with Gasteiger partial charge in [-0.25, -0.2) is 9.37 Å². The maximum Gasteiger partial charge on any atom is 0.244 e. The van der Waals surface area contributed by atoms with Crippen LogP contribution >= 0.6 is 0 Å². The molecular formula is C22H25FN4O2. The predicted octanol–water partition coefficient (Wildman–Crippen LogP) is 3.97. The molecular weight excluding hydrogens is 371 g/mol. The first-order valence-corrected chi connectivity index (χ1v) is 9.99. The van der Waals surface area contributed by atoms with Crippen LogP contribution in [0.25, 0.3) is 0 Å². The highest BCUT2D eigenvalue weighted by Crippen LogP contribution is 2.31. The van der Waals surface area contributed by atoms with Gasteiger partial charge in [0.25, 0.3) is 0 Å². The van der Waals surface area contributed by atoms with Gasteiger partial charge >= 0.3 is 0 Å². The third kappa shape index (κ3) is 4.39. The highest BCUT2D eigenvalue weighted by molar-refractivity contribution is 5.76. The van der Waals surface area contributed by atoms with Gasteiger partial charge < -0.3 is 9.32 Å². The number of halogens is 1. The zero-order valence-electron chi connectivity index (χ0n) is 16.8. The van der Waals surface area contributed by atoms with E-state index in [1.807, 2.05) is 30.9 Å². The Morgan fingerprint density at radius 1 is 1.28 bits per heavy atom. The minimum Gasteiger partial charge on any atom is -0.443 e. The average molecular weight is 396 g/mol. The summed E-state index contributed by atoms with van der Waals surface area (Å²) in [6.45, 7) is 4.77. The van der Waals surface area contributed by atoms with Gasteiger partial charge in [-0.3, -0.25) is 9.48 Å². The van der Waals surface area contributed by atoms with E-state index in [9.17, 15) is 9.18 Å². The summed E-state index contributed by atoms with van der Waals surface area (Å²) in [7, 11) is 0. The number of amides is 1. The molecule has 0 radical (unpaired) electrons. The Kier molecular flexibility index (Phi) is 5.47. The van der Waals surface area contributed by atoms with Crippen LogP contribution in [0.5, 0.6) is 0 Å². The van der Waals surface area contributed by atoms with Crippen molar-refractivity contribution in [2.24, 2.45) is 0 Å². The minimum absolute atomic E-state index is 0.0192. The molecule has 1 aromatic carbocycles. The van der Waals surface area contributed by atoms with Crippen LogP contribution in [-0.2, 0) is 17.8 Å². The molecule has 0 bridgehead atoms. The number of aromatic nitrogens is 3. The van der Waals surface area contributed by atoms with E-state index >= 15 is 0 Å². The predicted molar refractivity (Wildman–Crippen MR) is 106 cm³/mol. The number of nitrogens with zero attached hydrogens (tertiary/aromatic N) is 4. The summed E-state index contributed by atoms with van der Waals surface area (Å²) >= 11 is 0. The third-order valence-electron chi connectivity index (χ3n) is 5.34. The number of carbonyl (C=O) groups excluding carboxylic acids is 1. The quantitative estimate of drug-likeness (QED) is 0.655. The van der Waals surface area contributed by atoms with Gasteiger partial charge in [-0.05, 0) is 56.9 Å². The molecule has 1 fully saturated rings. The number of benzene rings is 1. The van der Waals surface area contributed by atoms with Crippen molar-refractivity contribution >= 4 is 5.91 Å². The monoisotopic (exact) mass is 396 g/mol. The van der Waals surface area contributed by atoms with Gasteiger partial charge in [0.1, 0.15) is 24.2 Å². The topological polar surface area (TPSA) is 64.2 Å².